The number of Topliss-reactive ketones (excluding diaryl/α,β-unsaturated/α-hetero) is 1. The van der Waals surface area contributed by atoms with E-state index in [1.165, 1.54) is 5.56 Å². The van der Waals surface area contributed by atoms with E-state index in [0.29, 0.717) is 42.8 Å². The first-order chi connectivity index (χ1) is 12.0. The lowest BCUT2D eigenvalue weighted by Gasteiger charge is -2.45. The number of amides is 1. The maximum absolute atomic E-state index is 12.3. The molecule has 0 unspecified atom stereocenters. The number of likely N-dealkylation sites (tertiary alicyclic amines) is 1. The lowest BCUT2D eigenvalue weighted by Crippen LogP contribution is -2.52. The number of ketones is 1. The van der Waals surface area contributed by atoms with E-state index in [-0.39, 0.29) is 5.91 Å². The van der Waals surface area contributed by atoms with Crippen molar-refractivity contribution in [3.05, 3.63) is 35.9 Å². The van der Waals surface area contributed by atoms with E-state index in [1.54, 1.807) is 0 Å². The Morgan fingerprint density at radius 2 is 1.68 bits per heavy atom. The molecule has 1 aliphatic heterocycles. The molecular formula is C22H33NO2. The third kappa shape index (κ3) is 5.69. The van der Waals surface area contributed by atoms with Crippen molar-refractivity contribution in [2.75, 3.05) is 13.1 Å². The molecule has 0 aromatic heterocycles. The molecule has 3 nitrogen and oxygen atoms in total. The molecule has 1 aromatic carbocycles. The van der Waals surface area contributed by atoms with Crippen LogP contribution in [0.2, 0.25) is 0 Å². The number of rotatable bonds is 10. The molecule has 1 heterocycles. The van der Waals surface area contributed by atoms with Gasteiger partial charge in [0.1, 0.15) is 5.78 Å². The highest BCUT2D eigenvalue weighted by Gasteiger charge is 2.37. The SMILES string of the molecule is CCC(=O)CCCCCC(=O)N1CC([C@@H](c2ccccc2)C(C)C)C1. The zero-order chi connectivity index (χ0) is 18.2. The molecule has 0 saturated carbocycles. The molecule has 0 N–H and O–H groups in total. The average molecular weight is 344 g/mol. The van der Waals surface area contributed by atoms with E-state index in [1.807, 2.05) is 11.8 Å². The van der Waals surface area contributed by atoms with Crippen molar-refractivity contribution in [1.82, 2.24) is 4.90 Å². The van der Waals surface area contributed by atoms with Gasteiger partial charge < -0.3 is 4.90 Å². The highest BCUT2D eigenvalue weighted by atomic mass is 16.2. The molecule has 3 heteroatoms. The molecule has 1 amide bonds. The van der Waals surface area contributed by atoms with Crippen LogP contribution in [0.5, 0.6) is 0 Å². The van der Waals surface area contributed by atoms with Crippen LogP contribution < -0.4 is 0 Å². The number of carbonyl (C=O) groups is 2. The van der Waals surface area contributed by atoms with E-state index < -0.39 is 0 Å². The van der Waals surface area contributed by atoms with Crippen LogP contribution in [0.3, 0.4) is 0 Å². The molecule has 1 atom stereocenters. The number of hydrogen-bond acceptors (Lipinski definition) is 2. The number of benzene rings is 1. The van der Waals surface area contributed by atoms with Gasteiger partial charge in [-0.05, 0) is 30.2 Å². The normalized spacial score (nSPS) is 15.9. The Hall–Kier alpha value is -1.64. The number of carbonyl (C=O) groups excluding carboxylic acids is 2. The number of hydrogen-bond donors (Lipinski definition) is 0. The lowest BCUT2D eigenvalue weighted by molar-refractivity contribution is -0.138. The van der Waals surface area contributed by atoms with E-state index in [4.69, 9.17) is 0 Å². The first kappa shape index (κ1) is 19.7. The van der Waals surface area contributed by atoms with Crippen LogP contribution in [0, 0.1) is 11.8 Å². The molecule has 0 aliphatic carbocycles. The summed E-state index contributed by atoms with van der Waals surface area (Å²) >= 11 is 0. The van der Waals surface area contributed by atoms with Crippen LogP contribution in [-0.4, -0.2) is 29.7 Å². The van der Waals surface area contributed by atoms with Gasteiger partial charge in [0.05, 0.1) is 0 Å². The molecule has 2 rings (SSSR count). The summed E-state index contributed by atoms with van der Waals surface area (Å²) in [5.74, 6) is 2.31. The lowest BCUT2D eigenvalue weighted by atomic mass is 9.74. The van der Waals surface area contributed by atoms with E-state index in [0.717, 1.165) is 32.4 Å². The summed E-state index contributed by atoms with van der Waals surface area (Å²) < 4.78 is 0. The monoisotopic (exact) mass is 343 g/mol. The van der Waals surface area contributed by atoms with Gasteiger partial charge in [-0.2, -0.15) is 0 Å². The first-order valence-corrected chi connectivity index (χ1v) is 9.87. The van der Waals surface area contributed by atoms with Crippen LogP contribution in [0.15, 0.2) is 30.3 Å². The summed E-state index contributed by atoms with van der Waals surface area (Å²) in [7, 11) is 0. The van der Waals surface area contributed by atoms with Crippen molar-refractivity contribution in [2.24, 2.45) is 11.8 Å². The third-order valence-corrected chi connectivity index (χ3v) is 5.41. The van der Waals surface area contributed by atoms with Crippen molar-refractivity contribution in [3.8, 4) is 0 Å². The zero-order valence-corrected chi connectivity index (χ0v) is 16.0. The van der Waals surface area contributed by atoms with Crippen LogP contribution >= 0.6 is 0 Å². The van der Waals surface area contributed by atoms with Gasteiger partial charge in [-0.15, -0.1) is 0 Å². The van der Waals surface area contributed by atoms with Gasteiger partial charge >= 0.3 is 0 Å². The predicted molar refractivity (Wildman–Crippen MR) is 102 cm³/mol. The predicted octanol–water partition coefficient (Wildman–Crippen LogP) is 4.81. The molecule has 1 fully saturated rings. The Bertz CT molecular complexity index is 546. The van der Waals surface area contributed by atoms with Crippen molar-refractivity contribution in [3.63, 3.8) is 0 Å². The summed E-state index contributed by atoms with van der Waals surface area (Å²) in [4.78, 5) is 25.6. The third-order valence-electron chi connectivity index (χ3n) is 5.41. The van der Waals surface area contributed by atoms with E-state index >= 15 is 0 Å². The van der Waals surface area contributed by atoms with E-state index in [9.17, 15) is 9.59 Å². The molecule has 1 aliphatic rings. The minimum absolute atomic E-state index is 0.286. The van der Waals surface area contributed by atoms with Gasteiger partial charge in [0, 0.05) is 38.3 Å². The Balaban J connectivity index is 1.71. The van der Waals surface area contributed by atoms with Crippen LogP contribution in [0.4, 0.5) is 0 Å². The van der Waals surface area contributed by atoms with Crippen molar-refractivity contribution in [2.45, 2.75) is 65.2 Å². The average Bonchev–Trinajstić information content (AvgIpc) is 2.57. The fraction of sp³-hybridized carbons (Fsp3) is 0.636. The Kier molecular flexibility index (Phi) is 7.67. The maximum Gasteiger partial charge on any atom is 0.222 e. The first-order valence-electron chi connectivity index (χ1n) is 9.87. The second kappa shape index (κ2) is 9.74. The topological polar surface area (TPSA) is 37.4 Å². The quantitative estimate of drug-likeness (QED) is 0.572. The number of unbranched alkanes of at least 4 members (excludes halogenated alkanes) is 2. The summed E-state index contributed by atoms with van der Waals surface area (Å²) in [6.07, 6.45) is 4.74. The highest BCUT2D eigenvalue weighted by molar-refractivity contribution is 5.78. The molecule has 0 spiro atoms. The second-order valence-corrected chi connectivity index (χ2v) is 7.69. The van der Waals surface area contributed by atoms with Gasteiger partial charge in [-0.3, -0.25) is 9.59 Å². The largest absolute Gasteiger partial charge is 0.342 e. The van der Waals surface area contributed by atoms with Gasteiger partial charge in [0.2, 0.25) is 5.91 Å². The maximum atomic E-state index is 12.3. The van der Waals surface area contributed by atoms with Gasteiger partial charge in [0.15, 0.2) is 0 Å². The molecule has 1 aromatic rings. The van der Waals surface area contributed by atoms with Gasteiger partial charge in [-0.1, -0.05) is 57.5 Å². The van der Waals surface area contributed by atoms with Crippen molar-refractivity contribution >= 4 is 11.7 Å². The minimum Gasteiger partial charge on any atom is -0.342 e. The zero-order valence-electron chi connectivity index (χ0n) is 16.0. The number of nitrogens with zero attached hydrogens (tertiary/aromatic N) is 1. The molecule has 138 valence electrons. The van der Waals surface area contributed by atoms with Crippen LogP contribution in [0.1, 0.15) is 70.8 Å². The Morgan fingerprint density at radius 1 is 1.04 bits per heavy atom. The smallest absolute Gasteiger partial charge is 0.222 e. The summed E-state index contributed by atoms with van der Waals surface area (Å²) in [6.45, 7) is 8.25. The van der Waals surface area contributed by atoms with Crippen LogP contribution in [-0.2, 0) is 9.59 Å². The Labute approximate surface area is 152 Å². The van der Waals surface area contributed by atoms with Crippen molar-refractivity contribution in [1.29, 1.82) is 0 Å². The Morgan fingerprint density at radius 3 is 2.28 bits per heavy atom. The summed E-state index contributed by atoms with van der Waals surface area (Å²) in [5, 5.41) is 0. The van der Waals surface area contributed by atoms with Crippen LogP contribution in [0.25, 0.3) is 0 Å². The molecule has 25 heavy (non-hydrogen) atoms. The standard InChI is InChI=1S/C22H33NO2/c1-4-20(24)13-9-6-10-14-21(25)23-15-19(16-23)22(17(2)3)18-11-7-5-8-12-18/h5,7-8,11-12,17,19,22H,4,6,9-10,13-16H2,1-3H3/t22-/m1/s1. The molecule has 1 saturated heterocycles. The molecular weight excluding hydrogens is 310 g/mol. The second-order valence-electron chi connectivity index (χ2n) is 7.69. The molecule has 0 radical (unpaired) electrons. The minimum atomic E-state index is 0.286. The summed E-state index contributed by atoms with van der Waals surface area (Å²) in [6, 6.07) is 10.7. The summed E-state index contributed by atoms with van der Waals surface area (Å²) in [5.41, 5.74) is 1.40. The van der Waals surface area contributed by atoms with Crippen molar-refractivity contribution < 1.29 is 9.59 Å². The van der Waals surface area contributed by atoms with Gasteiger partial charge in [-0.25, -0.2) is 0 Å². The van der Waals surface area contributed by atoms with Gasteiger partial charge in [0.25, 0.3) is 0 Å². The fourth-order valence-corrected chi connectivity index (χ4v) is 3.93. The van der Waals surface area contributed by atoms with E-state index in [2.05, 4.69) is 44.2 Å². The fourth-order valence-electron chi connectivity index (χ4n) is 3.93. The molecule has 0 bridgehead atoms. The highest BCUT2D eigenvalue weighted by Crippen LogP contribution is 2.37.